The van der Waals surface area contributed by atoms with E-state index in [4.69, 9.17) is 0 Å². The number of benzene rings is 2. The molecule has 28 heavy (non-hydrogen) atoms. The quantitative estimate of drug-likeness (QED) is 0.695. The molecule has 0 spiro atoms. The van der Waals surface area contributed by atoms with Gasteiger partial charge in [0.2, 0.25) is 5.91 Å². The van der Waals surface area contributed by atoms with E-state index in [0.29, 0.717) is 12.1 Å². The summed E-state index contributed by atoms with van der Waals surface area (Å²) in [6.45, 7) is 1.42. The molecule has 0 saturated carbocycles. The van der Waals surface area contributed by atoms with Crippen molar-refractivity contribution in [3.8, 4) is 5.69 Å². The van der Waals surface area contributed by atoms with Crippen LogP contribution in [0.25, 0.3) is 5.69 Å². The van der Waals surface area contributed by atoms with E-state index >= 15 is 0 Å². The number of nitrogens with zero attached hydrogens (tertiary/aromatic N) is 3. The number of carbonyl (C=O) groups excluding carboxylic acids is 2. The van der Waals surface area contributed by atoms with Crippen molar-refractivity contribution in [1.82, 2.24) is 14.4 Å². The van der Waals surface area contributed by atoms with Crippen LogP contribution >= 0.6 is 0 Å². The largest absolute Gasteiger partial charge is 0.332 e. The fourth-order valence-electron chi connectivity index (χ4n) is 4.29. The molecule has 2 aromatic carbocycles. The zero-order valence-electron chi connectivity index (χ0n) is 15.5. The van der Waals surface area contributed by atoms with Crippen molar-refractivity contribution in [3.63, 3.8) is 0 Å². The van der Waals surface area contributed by atoms with Crippen molar-refractivity contribution in [2.24, 2.45) is 0 Å². The highest BCUT2D eigenvalue weighted by Crippen LogP contribution is 2.33. The van der Waals surface area contributed by atoms with E-state index in [2.05, 4.69) is 12.1 Å². The molecule has 0 N–H and O–H groups in total. The van der Waals surface area contributed by atoms with Crippen LogP contribution in [0, 0.1) is 0 Å². The number of piperazine rings is 1. The SMILES string of the molecule is O=C(c1ccc(-n2cccc2)cc1)N1CC(=O)N2CCc3ccccc3C2C1. The molecule has 5 heteroatoms. The molecule has 1 fully saturated rings. The molecule has 1 atom stereocenters. The molecule has 2 amide bonds. The van der Waals surface area contributed by atoms with Gasteiger partial charge in [-0.15, -0.1) is 0 Å². The second-order valence-corrected chi connectivity index (χ2v) is 7.37. The molecule has 5 rings (SSSR count). The average Bonchev–Trinajstić information content (AvgIpc) is 3.28. The standard InChI is InChI=1S/C23H21N3O2/c27-22-16-25(15-21-20-6-2-1-5-17(20)11-14-26(21)22)23(28)18-7-9-19(10-8-18)24-12-3-4-13-24/h1-10,12-13,21H,11,14-16H2. The molecule has 0 bridgehead atoms. The van der Waals surface area contributed by atoms with Gasteiger partial charge in [0.25, 0.3) is 5.91 Å². The van der Waals surface area contributed by atoms with Gasteiger partial charge in [-0.05, 0) is 53.9 Å². The number of amides is 2. The van der Waals surface area contributed by atoms with Gasteiger partial charge < -0.3 is 14.4 Å². The maximum atomic E-state index is 13.1. The van der Waals surface area contributed by atoms with Gasteiger partial charge in [0.1, 0.15) is 6.54 Å². The van der Waals surface area contributed by atoms with Crippen LogP contribution < -0.4 is 0 Å². The lowest BCUT2D eigenvalue weighted by molar-refractivity contribution is -0.139. The predicted octanol–water partition coefficient (Wildman–Crippen LogP) is 3.06. The van der Waals surface area contributed by atoms with Gasteiger partial charge in [-0.1, -0.05) is 24.3 Å². The molecule has 3 heterocycles. The lowest BCUT2D eigenvalue weighted by atomic mass is 9.90. The summed E-state index contributed by atoms with van der Waals surface area (Å²) in [6, 6.07) is 19.7. The second-order valence-electron chi connectivity index (χ2n) is 7.37. The number of hydrogen-bond donors (Lipinski definition) is 0. The lowest BCUT2D eigenvalue weighted by Crippen LogP contribution is -2.55. The van der Waals surface area contributed by atoms with Crippen molar-refractivity contribution in [2.75, 3.05) is 19.6 Å². The Morgan fingerprint density at radius 1 is 0.929 bits per heavy atom. The molecule has 1 unspecified atom stereocenters. The van der Waals surface area contributed by atoms with Gasteiger partial charge in [-0.3, -0.25) is 9.59 Å². The third-order valence-electron chi connectivity index (χ3n) is 5.76. The molecule has 5 nitrogen and oxygen atoms in total. The van der Waals surface area contributed by atoms with Crippen LogP contribution in [0.2, 0.25) is 0 Å². The molecular weight excluding hydrogens is 350 g/mol. The minimum absolute atomic E-state index is 0.0306. The van der Waals surface area contributed by atoms with E-state index < -0.39 is 0 Å². The molecule has 0 aliphatic carbocycles. The molecule has 3 aromatic rings. The average molecular weight is 371 g/mol. The zero-order chi connectivity index (χ0) is 19.1. The Morgan fingerprint density at radius 2 is 1.68 bits per heavy atom. The highest BCUT2D eigenvalue weighted by molar-refractivity contribution is 5.97. The van der Waals surface area contributed by atoms with Crippen molar-refractivity contribution >= 4 is 11.8 Å². The van der Waals surface area contributed by atoms with Crippen LogP contribution in [0.4, 0.5) is 0 Å². The van der Waals surface area contributed by atoms with Crippen LogP contribution in [-0.4, -0.2) is 45.8 Å². The molecule has 2 aliphatic heterocycles. The normalized spacial score (nSPS) is 18.6. The Morgan fingerprint density at radius 3 is 2.46 bits per heavy atom. The Balaban J connectivity index is 1.40. The zero-order valence-corrected chi connectivity index (χ0v) is 15.5. The Bertz CT molecular complexity index is 1020. The lowest BCUT2D eigenvalue weighted by Gasteiger charge is -2.44. The van der Waals surface area contributed by atoms with Crippen LogP contribution in [-0.2, 0) is 11.2 Å². The number of aromatic nitrogens is 1. The van der Waals surface area contributed by atoms with E-state index in [1.54, 1.807) is 4.90 Å². The first-order valence-electron chi connectivity index (χ1n) is 9.61. The first kappa shape index (κ1) is 16.8. The van der Waals surface area contributed by atoms with E-state index in [9.17, 15) is 9.59 Å². The maximum absolute atomic E-state index is 13.1. The van der Waals surface area contributed by atoms with E-state index in [-0.39, 0.29) is 24.4 Å². The van der Waals surface area contributed by atoms with Crippen LogP contribution in [0.15, 0.2) is 73.1 Å². The summed E-state index contributed by atoms with van der Waals surface area (Å²) in [5, 5.41) is 0. The van der Waals surface area contributed by atoms with Crippen molar-refractivity contribution in [2.45, 2.75) is 12.5 Å². The van der Waals surface area contributed by atoms with Gasteiger partial charge in [-0.2, -0.15) is 0 Å². The van der Waals surface area contributed by atoms with Crippen molar-refractivity contribution in [3.05, 3.63) is 89.7 Å². The first-order valence-corrected chi connectivity index (χ1v) is 9.61. The van der Waals surface area contributed by atoms with Gasteiger partial charge in [-0.25, -0.2) is 0 Å². The van der Waals surface area contributed by atoms with Crippen LogP contribution in [0.1, 0.15) is 27.5 Å². The highest BCUT2D eigenvalue weighted by Gasteiger charge is 2.38. The first-order chi connectivity index (χ1) is 13.7. The minimum Gasteiger partial charge on any atom is -0.332 e. The molecule has 1 aromatic heterocycles. The van der Waals surface area contributed by atoms with Gasteiger partial charge in [0, 0.05) is 36.7 Å². The second kappa shape index (κ2) is 6.68. The predicted molar refractivity (Wildman–Crippen MR) is 106 cm³/mol. The molecule has 0 radical (unpaired) electrons. The van der Waals surface area contributed by atoms with Crippen LogP contribution in [0.3, 0.4) is 0 Å². The summed E-state index contributed by atoms with van der Waals surface area (Å²) in [5.41, 5.74) is 4.06. The smallest absolute Gasteiger partial charge is 0.254 e. The molecule has 2 aliphatic rings. The monoisotopic (exact) mass is 371 g/mol. The van der Waals surface area contributed by atoms with Crippen molar-refractivity contribution < 1.29 is 9.59 Å². The number of hydrogen-bond acceptors (Lipinski definition) is 2. The molecule has 140 valence electrons. The summed E-state index contributed by atoms with van der Waals surface area (Å²) < 4.78 is 2.00. The maximum Gasteiger partial charge on any atom is 0.254 e. The summed E-state index contributed by atoms with van der Waals surface area (Å²) in [7, 11) is 0. The highest BCUT2D eigenvalue weighted by atomic mass is 16.2. The van der Waals surface area contributed by atoms with E-state index in [1.807, 2.05) is 70.4 Å². The summed E-state index contributed by atoms with van der Waals surface area (Å²) in [5.74, 6) is -0.0572. The molecular formula is C23H21N3O2. The fourth-order valence-corrected chi connectivity index (χ4v) is 4.29. The van der Waals surface area contributed by atoms with E-state index in [0.717, 1.165) is 18.7 Å². The summed E-state index contributed by atoms with van der Waals surface area (Å²) >= 11 is 0. The topological polar surface area (TPSA) is 45.6 Å². The minimum atomic E-state index is -0.0879. The fraction of sp³-hybridized carbons (Fsp3) is 0.217. The number of carbonyl (C=O) groups is 2. The van der Waals surface area contributed by atoms with Gasteiger partial charge >= 0.3 is 0 Å². The third-order valence-corrected chi connectivity index (χ3v) is 5.76. The summed E-state index contributed by atoms with van der Waals surface area (Å²) in [6.07, 6.45) is 4.82. The van der Waals surface area contributed by atoms with Gasteiger partial charge in [0.15, 0.2) is 0 Å². The van der Waals surface area contributed by atoms with Gasteiger partial charge in [0.05, 0.1) is 6.04 Å². The Labute approximate surface area is 163 Å². The Kier molecular flexibility index (Phi) is 4.01. The molecule has 1 saturated heterocycles. The third kappa shape index (κ3) is 2.80. The number of fused-ring (bicyclic) bond motifs is 3. The summed E-state index contributed by atoms with van der Waals surface area (Å²) in [4.78, 5) is 29.4. The number of rotatable bonds is 2. The Hall–Kier alpha value is -3.34. The van der Waals surface area contributed by atoms with E-state index in [1.165, 1.54) is 11.1 Å². The van der Waals surface area contributed by atoms with Crippen LogP contribution in [0.5, 0.6) is 0 Å². The van der Waals surface area contributed by atoms with Crippen molar-refractivity contribution in [1.29, 1.82) is 0 Å².